The van der Waals surface area contributed by atoms with Gasteiger partial charge in [-0.15, -0.1) is 11.8 Å². The SMILES string of the molecule is O=C(CN(Cc1ccccc1F)C1CC1)N1CCS[C@@H]1c1ccccc1Cl. The molecule has 0 N–H and O–H groups in total. The first kappa shape index (κ1) is 18.8. The Morgan fingerprint density at radius 2 is 1.93 bits per heavy atom. The van der Waals surface area contributed by atoms with E-state index in [-0.39, 0.29) is 17.1 Å². The van der Waals surface area contributed by atoms with Crippen molar-refractivity contribution < 1.29 is 9.18 Å². The Hall–Kier alpha value is -1.56. The predicted molar refractivity (Wildman–Crippen MR) is 108 cm³/mol. The van der Waals surface area contributed by atoms with Crippen molar-refractivity contribution in [3.8, 4) is 0 Å². The number of hydrogen-bond acceptors (Lipinski definition) is 3. The van der Waals surface area contributed by atoms with Gasteiger partial charge in [0, 0.05) is 41.0 Å². The third-order valence-electron chi connectivity index (χ3n) is 5.12. The normalized spacial score (nSPS) is 19.7. The minimum atomic E-state index is -0.207. The van der Waals surface area contributed by atoms with E-state index < -0.39 is 0 Å². The van der Waals surface area contributed by atoms with Crippen LogP contribution < -0.4 is 0 Å². The minimum Gasteiger partial charge on any atom is -0.325 e. The summed E-state index contributed by atoms with van der Waals surface area (Å²) < 4.78 is 14.1. The van der Waals surface area contributed by atoms with Crippen molar-refractivity contribution in [2.75, 3.05) is 18.8 Å². The Kier molecular flexibility index (Phi) is 5.71. The highest BCUT2D eigenvalue weighted by Crippen LogP contribution is 2.41. The number of carbonyl (C=O) groups is 1. The Balaban J connectivity index is 1.48. The van der Waals surface area contributed by atoms with Crippen LogP contribution in [0.15, 0.2) is 48.5 Å². The molecule has 0 unspecified atom stereocenters. The third kappa shape index (κ3) is 4.31. The zero-order valence-corrected chi connectivity index (χ0v) is 16.6. The van der Waals surface area contributed by atoms with E-state index in [1.165, 1.54) is 6.07 Å². The van der Waals surface area contributed by atoms with Crippen molar-refractivity contribution in [2.24, 2.45) is 0 Å². The lowest BCUT2D eigenvalue weighted by atomic mass is 10.2. The number of halogens is 2. The summed E-state index contributed by atoms with van der Waals surface area (Å²) in [7, 11) is 0. The fourth-order valence-corrected chi connectivity index (χ4v) is 5.14. The molecule has 0 radical (unpaired) electrons. The monoisotopic (exact) mass is 404 g/mol. The molecule has 1 aliphatic carbocycles. The van der Waals surface area contributed by atoms with E-state index in [1.807, 2.05) is 35.2 Å². The summed E-state index contributed by atoms with van der Waals surface area (Å²) in [5.74, 6) is 0.785. The van der Waals surface area contributed by atoms with Crippen LogP contribution in [0.25, 0.3) is 0 Å². The van der Waals surface area contributed by atoms with E-state index in [0.29, 0.717) is 29.7 Å². The molecule has 6 heteroatoms. The first-order chi connectivity index (χ1) is 13.1. The summed E-state index contributed by atoms with van der Waals surface area (Å²) in [5.41, 5.74) is 1.64. The number of benzene rings is 2. The largest absolute Gasteiger partial charge is 0.325 e. The van der Waals surface area contributed by atoms with Crippen LogP contribution >= 0.6 is 23.4 Å². The Labute approximate surface area is 168 Å². The van der Waals surface area contributed by atoms with E-state index in [1.54, 1.807) is 23.9 Å². The van der Waals surface area contributed by atoms with E-state index in [4.69, 9.17) is 11.6 Å². The van der Waals surface area contributed by atoms with Gasteiger partial charge < -0.3 is 4.90 Å². The molecule has 1 atom stereocenters. The fourth-order valence-electron chi connectivity index (χ4n) is 3.52. The zero-order chi connectivity index (χ0) is 18.8. The molecule has 2 fully saturated rings. The highest BCUT2D eigenvalue weighted by molar-refractivity contribution is 7.99. The van der Waals surface area contributed by atoms with E-state index >= 15 is 0 Å². The van der Waals surface area contributed by atoms with Crippen LogP contribution in [0.5, 0.6) is 0 Å². The van der Waals surface area contributed by atoms with Crippen LogP contribution in [0.2, 0.25) is 5.02 Å². The van der Waals surface area contributed by atoms with E-state index in [0.717, 1.165) is 30.7 Å². The summed E-state index contributed by atoms with van der Waals surface area (Å²) in [5, 5.41) is 0.654. The van der Waals surface area contributed by atoms with E-state index in [9.17, 15) is 9.18 Å². The average molecular weight is 405 g/mol. The number of thioether (sulfide) groups is 1. The molecule has 0 bridgehead atoms. The quantitative estimate of drug-likeness (QED) is 0.696. The second kappa shape index (κ2) is 8.21. The molecule has 1 amide bonds. The molecule has 2 aliphatic rings. The molecule has 1 heterocycles. The fraction of sp³-hybridized carbons (Fsp3) is 0.381. The first-order valence-electron chi connectivity index (χ1n) is 9.26. The standard InChI is InChI=1S/C21H22ClFN2OS/c22-18-7-3-2-6-17(18)21-25(11-12-27-21)20(26)14-24(16-9-10-16)13-15-5-1-4-8-19(15)23/h1-8,16,21H,9-14H2/t21-/m1/s1. The van der Waals surface area contributed by atoms with Crippen molar-refractivity contribution in [3.05, 3.63) is 70.5 Å². The molecule has 1 saturated heterocycles. The summed E-state index contributed by atoms with van der Waals surface area (Å²) in [6, 6.07) is 14.9. The number of amides is 1. The van der Waals surface area contributed by atoms with Crippen molar-refractivity contribution in [1.29, 1.82) is 0 Å². The van der Waals surface area contributed by atoms with Gasteiger partial charge in [-0.05, 0) is 25.0 Å². The smallest absolute Gasteiger partial charge is 0.237 e. The van der Waals surface area contributed by atoms with Crippen LogP contribution in [-0.4, -0.2) is 40.6 Å². The van der Waals surface area contributed by atoms with Crippen LogP contribution in [0.3, 0.4) is 0 Å². The molecule has 0 aromatic heterocycles. The minimum absolute atomic E-state index is 0.0410. The van der Waals surface area contributed by atoms with Gasteiger partial charge in [-0.1, -0.05) is 48.0 Å². The van der Waals surface area contributed by atoms with Gasteiger partial charge in [-0.3, -0.25) is 9.69 Å². The molecule has 4 rings (SSSR count). The van der Waals surface area contributed by atoms with E-state index in [2.05, 4.69) is 4.90 Å². The molecule has 2 aromatic rings. The second-order valence-corrected chi connectivity index (χ2v) is 8.65. The summed E-state index contributed by atoms with van der Waals surface area (Å²) >= 11 is 8.11. The number of nitrogens with zero attached hydrogens (tertiary/aromatic N) is 2. The van der Waals surface area contributed by atoms with Gasteiger partial charge in [0.05, 0.1) is 6.54 Å². The van der Waals surface area contributed by atoms with Crippen LogP contribution in [0, 0.1) is 5.82 Å². The molecule has 142 valence electrons. The molecule has 0 spiro atoms. The molecule has 1 aliphatic heterocycles. The number of carbonyl (C=O) groups excluding carboxylic acids is 1. The molecular formula is C21H22ClFN2OS. The number of hydrogen-bond donors (Lipinski definition) is 0. The van der Waals surface area contributed by atoms with Gasteiger partial charge in [0.1, 0.15) is 11.2 Å². The lowest BCUT2D eigenvalue weighted by Crippen LogP contribution is -2.40. The second-order valence-electron chi connectivity index (χ2n) is 7.06. The summed E-state index contributed by atoms with van der Waals surface area (Å²) in [6.45, 7) is 1.51. The van der Waals surface area contributed by atoms with Crippen LogP contribution in [0.1, 0.15) is 29.3 Å². The average Bonchev–Trinajstić information content (AvgIpc) is 3.40. The molecule has 1 saturated carbocycles. The first-order valence-corrected chi connectivity index (χ1v) is 10.7. The van der Waals surface area contributed by atoms with Crippen molar-refractivity contribution in [1.82, 2.24) is 9.80 Å². The highest BCUT2D eigenvalue weighted by atomic mass is 35.5. The van der Waals surface area contributed by atoms with Gasteiger partial charge in [0.2, 0.25) is 5.91 Å². The maximum Gasteiger partial charge on any atom is 0.237 e. The Bertz CT molecular complexity index is 829. The maximum atomic E-state index is 14.1. The molecule has 27 heavy (non-hydrogen) atoms. The Morgan fingerprint density at radius 1 is 1.19 bits per heavy atom. The van der Waals surface area contributed by atoms with Gasteiger partial charge in [0.15, 0.2) is 0 Å². The molecular weight excluding hydrogens is 383 g/mol. The van der Waals surface area contributed by atoms with Crippen LogP contribution in [-0.2, 0) is 11.3 Å². The lowest BCUT2D eigenvalue weighted by molar-refractivity contribution is -0.132. The van der Waals surface area contributed by atoms with Gasteiger partial charge in [-0.2, -0.15) is 0 Å². The topological polar surface area (TPSA) is 23.6 Å². The van der Waals surface area contributed by atoms with Crippen molar-refractivity contribution in [2.45, 2.75) is 30.8 Å². The summed E-state index contributed by atoms with van der Waals surface area (Å²) in [4.78, 5) is 17.1. The van der Waals surface area contributed by atoms with Gasteiger partial charge >= 0.3 is 0 Å². The lowest BCUT2D eigenvalue weighted by Gasteiger charge is -2.29. The molecule has 3 nitrogen and oxygen atoms in total. The highest BCUT2D eigenvalue weighted by Gasteiger charge is 2.36. The van der Waals surface area contributed by atoms with Crippen LogP contribution in [0.4, 0.5) is 4.39 Å². The van der Waals surface area contributed by atoms with Crippen molar-refractivity contribution in [3.63, 3.8) is 0 Å². The Morgan fingerprint density at radius 3 is 2.67 bits per heavy atom. The zero-order valence-electron chi connectivity index (χ0n) is 15.0. The third-order valence-corrected chi connectivity index (χ3v) is 6.70. The van der Waals surface area contributed by atoms with Gasteiger partial charge in [0.25, 0.3) is 0 Å². The number of rotatable bonds is 6. The van der Waals surface area contributed by atoms with Crippen molar-refractivity contribution >= 4 is 29.3 Å². The van der Waals surface area contributed by atoms with Gasteiger partial charge in [-0.25, -0.2) is 4.39 Å². The predicted octanol–water partition coefficient (Wildman–Crippen LogP) is 4.72. The maximum absolute atomic E-state index is 14.1. The summed E-state index contributed by atoms with van der Waals surface area (Å²) in [6.07, 6.45) is 2.15. The molecule has 2 aromatic carbocycles.